The smallest absolute Gasteiger partial charge is 0.259 e. The summed E-state index contributed by atoms with van der Waals surface area (Å²) in [7, 11) is 3.19. The number of methoxy groups -OCH3 is 2. The van der Waals surface area contributed by atoms with Crippen LogP contribution in [0.5, 0.6) is 17.2 Å². The van der Waals surface area contributed by atoms with E-state index in [9.17, 15) is 10.1 Å². The molecule has 0 unspecified atom stereocenters. The highest BCUT2D eigenvalue weighted by Crippen LogP contribution is 2.40. The average molecular weight is 429 g/mol. The summed E-state index contributed by atoms with van der Waals surface area (Å²) in [5.74, 6) is 1.17. The number of ether oxygens (including phenoxy) is 3. The van der Waals surface area contributed by atoms with E-state index in [0.717, 1.165) is 22.6 Å². The van der Waals surface area contributed by atoms with Gasteiger partial charge in [0, 0.05) is 11.8 Å². The first-order valence-electron chi connectivity index (χ1n) is 10.1. The van der Waals surface area contributed by atoms with Gasteiger partial charge in [0.2, 0.25) is 5.88 Å². The van der Waals surface area contributed by atoms with Gasteiger partial charge in [0.15, 0.2) is 0 Å². The summed E-state index contributed by atoms with van der Waals surface area (Å²) in [6.45, 7) is 2.22. The molecule has 0 spiro atoms. The highest BCUT2D eigenvalue weighted by molar-refractivity contribution is 5.55. The van der Waals surface area contributed by atoms with E-state index < -0.39 is 5.92 Å². The lowest BCUT2D eigenvalue weighted by Gasteiger charge is -2.27. The molecular weight excluding hydrogens is 406 g/mol. The van der Waals surface area contributed by atoms with Crippen molar-refractivity contribution in [1.82, 2.24) is 4.57 Å². The van der Waals surface area contributed by atoms with Gasteiger partial charge < -0.3 is 24.5 Å². The molecule has 0 fully saturated rings. The largest absolute Gasteiger partial charge is 0.497 e. The Labute approximate surface area is 185 Å². The van der Waals surface area contributed by atoms with Crippen molar-refractivity contribution in [1.29, 1.82) is 5.26 Å². The lowest BCUT2D eigenvalue weighted by atomic mass is 9.84. The fourth-order valence-electron chi connectivity index (χ4n) is 3.93. The molecule has 0 aliphatic carbocycles. The van der Waals surface area contributed by atoms with Crippen LogP contribution in [0.15, 0.2) is 70.8 Å². The van der Waals surface area contributed by atoms with E-state index in [1.54, 1.807) is 37.0 Å². The predicted molar refractivity (Wildman–Crippen MR) is 120 cm³/mol. The minimum absolute atomic E-state index is 0.00697. The number of nitriles is 1. The summed E-state index contributed by atoms with van der Waals surface area (Å²) in [6, 6.07) is 18.7. The number of aromatic nitrogens is 1. The average Bonchev–Trinajstić information content (AvgIpc) is 2.81. The Morgan fingerprint density at radius 2 is 1.66 bits per heavy atom. The maximum atomic E-state index is 13.7. The van der Waals surface area contributed by atoms with E-state index in [1.807, 2.05) is 43.3 Å². The molecule has 0 saturated heterocycles. The minimum atomic E-state index is -0.634. The maximum Gasteiger partial charge on any atom is 0.259 e. The first kappa shape index (κ1) is 21.1. The first-order chi connectivity index (χ1) is 15.5. The van der Waals surface area contributed by atoms with Crippen LogP contribution in [0, 0.1) is 18.3 Å². The zero-order valence-corrected chi connectivity index (χ0v) is 18.1. The van der Waals surface area contributed by atoms with Crippen molar-refractivity contribution in [3.05, 3.63) is 98.8 Å². The monoisotopic (exact) mass is 429 g/mol. The predicted octanol–water partition coefficient (Wildman–Crippen LogP) is 3.44. The van der Waals surface area contributed by atoms with Crippen molar-refractivity contribution in [3.63, 3.8) is 0 Å². The van der Waals surface area contributed by atoms with Crippen molar-refractivity contribution < 1.29 is 14.2 Å². The molecule has 1 aromatic heterocycles. The number of nitrogens with zero attached hydrogens (tertiary/aromatic N) is 2. The number of aryl methyl sites for hydroxylation is 1. The number of nitrogens with two attached hydrogens (primary N) is 1. The van der Waals surface area contributed by atoms with Crippen molar-refractivity contribution in [2.24, 2.45) is 5.73 Å². The normalized spacial score (nSPS) is 14.9. The fourth-order valence-corrected chi connectivity index (χ4v) is 3.93. The number of pyridine rings is 1. The molecular formula is C25H23N3O4. The van der Waals surface area contributed by atoms with Crippen LogP contribution in [-0.4, -0.2) is 18.8 Å². The van der Waals surface area contributed by atoms with Crippen LogP contribution in [0.3, 0.4) is 0 Å². The molecule has 0 radical (unpaired) electrons. The summed E-state index contributed by atoms with van der Waals surface area (Å²) in [5, 5.41) is 9.81. The molecule has 1 aliphatic rings. The highest BCUT2D eigenvalue weighted by atomic mass is 16.5. The van der Waals surface area contributed by atoms with Gasteiger partial charge in [0.25, 0.3) is 5.56 Å². The second-order valence-electron chi connectivity index (χ2n) is 7.50. The van der Waals surface area contributed by atoms with Crippen LogP contribution in [-0.2, 0) is 6.54 Å². The zero-order chi connectivity index (χ0) is 22.8. The lowest BCUT2D eigenvalue weighted by Crippen LogP contribution is -2.33. The van der Waals surface area contributed by atoms with Crippen LogP contribution < -0.4 is 25.5 Å². The molecule has 4 rings (SSSR count). The van der Waals surface area contributed by atoms with Crippen LogP contribution in [0.25, 0.3) is 0 Å². The molecule has 3 aromatic rings. The Bertz CT molecular complexity index is 1280. The Hall–Kier alpha value is -4.18. The van der Waals surface area contributed by atoms with Crippen LogP contribution in [0.2, 0.25) is 0 Å². The van der Waals surface area contributed by atoms with E-state index in [2.05, 4.69) is 6.07 Å². The van der Waals surface area contributed by atoms with Gasteiger partial charge in [-0.15, -0.1) is 0 Å². The molecule has 0 bridgehead atoms. The molecule has 1 atom stereocenters. The highest BCUT2D eigenvalue weighted by Gasteiger charge is 2.34. The van der Waals surface area contributed by atoms with E-state index in [1.165, 1.54) is 0 Å². The quantitative estimate of drug-likeness (QED) is 0.667. The number of benzene rings is 2. The Morgan fingerprint density at radius 1 is 1.06 bits per heavy atom. The number of hydrogen-bond donors (Lipinski definition) is 1. The van der Waals surface area contributed by atoms with E-state index in [0.29, 0.717) is 23.6 Å². The molecule has 0 saturated carbocycles. The summed E-state index contributed by atoms with van der Waals surface area (Å²) in [5.41, 5.74) is 8.87. The van der Waals surface area contributed by atoms with Crippen molar-refractivity contribution in [2.75, 3.05) is 14.2 Å². The number of rotatable bonds is 5. The van der Waals surface area contributed by atoms with Gasteiger partial charge in [0.05, 0.1) is 32.2 Å². The first-order valence-corrected chi connectivity index (χ1v) is 10.1. The second kappa shape index (κ2) is 8.52. The van der Waals surface area contributed by atoms with E-state index in [-0.39, 0.29) is 17.0 Å². The molecule has 7 heteroatoms. The fraction of sp³-hybridized carbons (Fsp3) is 0.200. The van der Waals surface area contributed by atoms with Gasteiger partial charge in [-0.05, 0) is 42.3 Å². The third-order valence-corrected chi connectivity index (χ3v) is 5.64. The molecule has 32 heavy (non-hydrogen) atoms. The summed E-state index contributed by atoms with van der Waals surface area (Å²) in [4.78, 5) is 13.7. The van der Waals surface area contributed by atoms with Gasteiger partial charge in [-0.25, -0.2) is 0 Å². The standard InChI is InChI=1S/C25H23N3O4/c1-15-12-21-23(25(29)28(15)14-16-4-8-18(30-2)9-5-16)22(20(13-26)24(27)32-21)17-6-10-19(31-3)11-7-17/h4-12,22H,14,27H2,1-3H3/t22-/m1/s1. The van der Waals surface area contributed by atoms with Gasteiger partial charge >= 0.3 is 0 Å². The van der Waals surface area contributed by atoms with Crippen molar-refractivity contribution in [2.45, 2.75) is 19.4 Å². The number of hydrogen-bond acceptors (Lipinski definition) is 6. The van der Waals surface area contributed by atoms with Gasteiger partial charge in [-0.3, -0.25) is 4.79 Å². The van der Waals surface area contributed by atoms with E-state index >= 15 is 0 Å². The second-order valence-corrected chi connectivity index (χ2v) is 7.50. The zero-order valence-electron chi connectivity index (χ0n) is 18.1. The molecule has 2 N–H and O–H groups in total. The molecule has 0 amide bonds. The molecule has 7 nitrogen and oxygen atoms in total. The summed E-state index contributed by atoms with van der Waals surface area (Å²) >= 11 is 0. The van der Waals surface area contributed by atoms with Crippen LogP contribution in [0.4, 0.5) is 0 Å². The molecule has 1 aliphatic heterocycles. The lowest BCUT2D eigenvalue weighted by molar-refractivity contribution is 0.388. The third-order valence-electron chi connectivity index (χ3n) is 5.64. The number of fused-ring (bicyclic) bond motifs is 1. The third kappa shape index (κ3) is 3.67. The van der Waals surface area contributed by atoms with Gasteiger partial charge in [0.1, 0.15) is 28.9 Å². The van der Waals surface area contributed by atoms with Crippen LogP contribution >= 0.6 is 0 Å². The summed E-state index contributed by atoms with van der Waals surface area (Å²) in [6.07, 6.45) is 0. The van der Waals surface area contributed by atoms with Gasteiger partial charge in [-0.2, -0.15) is 5.26 Å². The van der Waals surface area contributed by atoms with Crippen molar-refractivity contribution >= 4 is 0 Å². The van der Waals surface area contributed by atoms with E-state index in [4.69, 9.17) is 19.9 Å². The molecule has 162 valence electrons. The van der Waals surface area contributed by atoms with Crippen LogP contribution in [0.1, 0.15) is 28.3 Å². The Morgan fingerprint density at radius 3 is 2.22 bits per heavy atom. The topological polar surface area (TPSA) is 99.5 Å². The summed E-state index contributed by atoms with van der Waals surface area (Å²) < 4.78 is 17.8. The minimum Gasteiger partial charge on any atom is -0.497 e. The van der Waals surface area contributed by atoms with Crippen molar-refractivity contribution in [3.8, 4) is 23.3 Å². The Balaban J connectivity index is 1.85. The van der Waals surface area contributed by atoms with Gasteiger partial charge in [-0.1, -0.05) is 24.3 Å². The maximum absolute atomic E-state index is 13.7. The Kier molecular flexibility index (Phi) is 5.61. The molecule has 2 aromatic carbocycles. The number of allylic oxidation sites excluding steroid dienone is 1. The molecule has 2 heterocycles. The SMILES string of the molecule is COc1ccc(Cn2c(C)cc3c(c2=O)[C@H](c2ccc(OC)cc2)C(C#N)=C(N)O3)cc1.